The highest BCUT2D eigenvalue weighted by atomic mass is 16.6. The molecule has 0 unspecified atom stereocenters. The van der Waals surface area contributed by atoms with E-state index in [2.05, 4.69) is 14.8 Å². The Morgan fingerprint density at radius 1 is 1.24 bits per heavy atom. The molecule has 2 aliphatic rings. The van der Waals surface area contributed by atoms with Gasteiger partial charge in [-0.05, 0) is 25.3 Å². The van der Waals surface area contributed by atoms with Gasteiger partial charge < -0.3 is 10.0 Å². The van der Waals surface area contributed by atoms with E-state index in [1.54, 1.807) is 6.07 Å². The van der Waals surface area contributed by atoms with Crippen molar-refractivity contribution >= 4 is 11.5 Å². The maximum absolute atomic E-state index is 10.6. The first-order chi connectivity index (χ1) is 10.1. The maximum Gasteiger partial charge on any atom is 0.287 e. The van der Waals surface area contributed by atoms with Gasteiger partial charge in [0.25, 0.3) is 5.69 Å². The first-order valence-corrected chi connectivity index (χ1v) is 7.42. The summed E-state index contributed by atoms with van der Waals surface area (Å²) in [5, 5.41) is 20.6. The molecule has 1 saturated carbocycles. The van der Waals surface area contributed by atoms with E-state index < -0.39 is 4.92 Å². The molecular weight excluding hydrogens is 272 g/mol. The van der Waals surface area contributed by atoms with Crippen LogP contribution in [0.1, 0.15) is 19.3 Å². The SMILES string of the molecule is O=[N+]([O-])c1ccc(N2CCN([C@@H]3CCC[C@H]3O)CC2)nc1. The number of aliphatic hydroxyl groups is 1. The number of nitrogens with zero attached hydrogens (tertiary/aromatic N) is 4. The number of hydrogen-bond donors (Lipinski definition) is 1. The number of rotatable bonds is 3. The first kappa shape index (κ1) is 14.2. The van der Waals surface area contributed by atoms with Gasteiger partial charge in [0.05, 0.1) is 11.0 Å². The molecule has 21 heavy (non-hydrogen) atoms. The molecule has 2 atom stereocenters. The maximum atomic E-state index is 10.6. The number of hydrogen-bond acceptors (Lipinski definition) is 6. The molecule has 1 aliphatic carbocycles. The Balaban J connectivity index is 1.59. The second-order valence-electron chi connectivity index (χ2n) is 5.72. The highest BCUT2D eigenvalue weighted by Gasteiger charge is 2.32. The summed E-state index contributed by atoms with van der Waals surface area (Å²) in [5.41, 5.74) is 0.0199. The topological polar surface area (TPSA) is 82.7 Å². The van der Waals surface area contributed by atoms with Gasteiger partial charge in [-0.3, -0.25) is 15.0 Å². The molecule has 1 aromatic heterocycles. The van der Waals surface area contributed by atoms with Gasteiger partial charge in [-0.2, -0.15) is 0 Å². The standard InChI is InChI=1S/C14H20N4O3/c19-13-3-1-2-12(13)16-6-8-17(9-7-16)14-5-4-11(10-15-14)18(20)21/h4-5,10,12-13,19H,1-3,6-9H2/t12-,13-/m1/s1. The van der Waals surface area contributed by atoms with Crippen LogP contribution in [0.25, 0.3) is 0 Å². The minimum absolute atomic E-state index is 0.0199. The summed E-state index contributed by atoms with van der Waals surface area (Å²) in [7, 11) is 0. The molecule has 1 aliphatic heterocycles. The normalized spacial score (nSPS) is 27.0. The van der Waals surface area contributed by atoms with E-state index in [0.29, 0.717) is 6.04 Å². The third kappa shape index (κ3) is 2.98. The highest BCUT2D eigenvalue weighted by Crippen LogP contribution is 2.26. The molecule has 114 valence electrons. The first-order valence-electron chi connectivity index (χ1n) is 7.42. The van der Waals surface area contributed by atoms with Crippen LogP contribution >= 0.6 is 0 Å². The molecule has 7 nitrogen and oxygen atoms in total. The molecule has 2 heterocycles. The molecule has 1 saturated heterocycles. The third-order valence-electron chi connectivity index (χ3n) is 4.49. The van der Waals surface area contributed by atoms with Crippen LogP contribution in [0.15, 0.2) is 18.3 Å². The van der Waals surface area contributed by atoms with Gasteiger partial charge in [-0.25, -0.2) is 4.98 Å². The van der Waals surface area contributed by atoms with Crippen molar-refractivity contribution in [3.63, 3.8) is 0 Å². The molecule has 0 radical (unpaired) electrons. The number of piperazine rings is 1. The summed E-state index contributed by atoms with van der Waals surface area (Å²) in [4.78, 5) is 18.9. The van der Waals surface area contributed by atoms with Gasteiger partial charge in [0.15, 0.2) is 0 Å². The largest absolute Gasteiger partial charge is 0.391 e. The second kappa shape index (κ2) is 5.95. The van der Waals surface area contributed by atoms with Crippen molar-refractivity contribution in [3.05, 3.63) is 28.4 Å². The Kier molecular flexibility index (Phi) is 4.03. The summed E-state index contributed by atoms with van der Waals surface area (Å²) < 4.78 is 0. The van der Waals surface area contributed by atoms with E-state index in [1.807, 2.05) is 0 Å². The predicted octanol–water partition coefficient (Wildman–Crippen LogP) is 1.03. The molecule has 0 aromatic carbocycles. The summed E-state index contributed by atoms with van der Waals surface area (Å²) in [6, 6.07) is 3.50. The van der Waals surface area contributed by atoms with Gasteiger partial charge in [0.2, 0.25) is 0 Å². The van der Waals surface area contributed by atoms with Gasteiger partial charge in [-0.1, -0.05) is 0 Å². The van der Waals surface area contributed by atoms with Crippen molar-refractivity contribution < 1.29 is 10.0 Å². The van der Waals surface area contributed by atoms with Crippen LogP contribution in [-0.4, -0.2) is 58.2 Å². The van der Waals surface area contributed by atoms with E-state index in [-0.39, 0.29) is 11.8 Å². The Hall–Kier alpha value is -1.73. The quantitative estimate of drug-likeness (QED) is 0.661. The third-order valence-corrected chi connectivity index (χ3v) is 4.49. The Bertz CT molecular complexity index is 499. The van der Waals surface area contributed by atoms with Gasteiger partial charge in [0, 0.05) is 38.3 Å². The minimum Gasteiger partial charge on any atom is -0.391 e. The van der Waals surface area contributed by atoms with Gasteiger partial charge in [0.1, 0.15) is 12.0 Å². The van der Waals surface area contributed by atoms with Crippen LogP contribution in [0.5, 0.6) is 0 Å². The van der Waals surface area contributed by atoms with E-state index in [0.717, 1.165) is 51.3 Å². The van der Waals surface area contributed by atoms with Crippen LogP contribution in [0.4, 0.5) is 11.5 Å². The zero-order valence-electron chi connectivity index (χ0n) is 11.9. The highest BCUT2D eigenvalue weighted by molar-refractivity contribution is 5.43. The zero-order chi connectivity index (χ0) is 14.8. The van der Waals surface area contributed by atoms with Crippen LogP contribution in [0, 0.1) is 10.1 Å². The number of aliphatic hydroxyl groups excluding tert-OH is 1. The molecule has 1 N–H and O–H groups in total. The molecule has 0 spiro atoms. The van der Waals surface area contributed by atoms with Crippen molar-refractivity contribution in [1.29, 1.82) is 0 Å². The number of aromatic nitrogens is 1. The lowest BCUT2D eigenvalue weighted by Crippen LogP contribution is -2.52. The van der Waals surface area contributed by atoms with Crippen LogP contribution in [0.2, 0.25) is 0 Å². The second-order valence-corrected chi connectivity index (χ2v) is 5.72. The molecule has 7 heteroatoms. The van der Waals surface area contributed by atoms with Crippen molar-refractivity contribution in [2.24, 2.45) is 0 Å². The van der Waals surface area contributed by atoms with E-state index >= 15 is 0 Å². The lowest BCUT2D eigenvalue weighted by atomic mass is 10.1. The molecular formula is C14H20N4O3. The molecule has 0 amide bonds. The average Bonchev–Trinajstić information content (AvgIpc) is 2.94. The summed E-state index contributed by atoms with van der Waals surface area (Å²) in [5.74, 6) is 0.784. The average molecular weight is 292 g/mol. The molecule has 0 bridgehead atoms. The van der Waals surface area contributed by atoms with Gasteiger partial charge >= 0.3 is 0 Å². The van der Waals surface area contributed by atoms with Crippen molar-refractivity contribution in [1.82, 2.24) is 9.88 Å². The molecule has 3 rings (SSSR count). The van der Waals surface area contributed by atoms with Crippen LogP contribution in [0.3, 0.4) is 0 Å². The van der Waals surface area contributed by atoms with Crippen molar-refractivity contribution in [2.75, 3.05) is 31.1 Å². The fourth-order valence-electron chi connectivity index (χ4n) is 3.30. The monoisotopic (exact) mass is 292 g/mol. The Labute approximate surface area is 123 Å². The molecule has 2 fully saturated rings. The number of anilines is 1. The lowest BCUT2D eigenvalue weighted by molar-refractivity contribution is -0.385. The summed E-state index contributed by atoms with van der Waals surface area (Å²) in [6.45, 7) is 3.49. The van der Waals surface area contributed by atoms with Crippen molar-refractivity contribution in [3.8, 4) is 0 Å². The predicted molar refractivity (Wildman–Crippen MR) is 78.3 cm³/mol. The zero-order valence-corrected chi connectivity index (χ0v) is 11.9. The Morgan fingerprint density at radius 3 is 2.52 bits per heavy atom. The number of nitro groups is 1. The van der Waals surface area contributed by atoms with E-state index in [4.69, 9.17) is 0 Å². The smallest absolute Gasteiger partial charge is 0.287 e. The van der Waals surface area contributed by atoms with Crippen LogP contribution < -0.4 is 4.90 Å². The lowest BCUT2D eigenvalue weighted by Gasteiger charge is -2.39. The van der Waals surface area contributed by atoms with Gasteiger partial charge in [-0.15, -0.1) is 0 Å². The minimum atomic E-state index is -0.434. The number of pyridine rings is 1. The summed E-state index contributed by atoms with van der Waals surface area (Å²) >= 11 is 0. The van der Waals surface area contributed by atoms with E-state index in [1.165, 1.54) is 12.3 Å². The molecule has 1 aromatic rings. The van der Waals surface area contributed by atoms with E-state index in [9.17, 15) is 15.2 Å². The fourth-order valence-corrected chi connectivity index (χ4v) is 3.30. The van der Waals surface area contributed by atoms with Crippen molar-refractivity contribution in [2.45, 2.75) is 31.4 Å². The van der Waals surface area contributed by atoms with Crippen LogP contribution in [-0.2, 0) is 0 Å². The fraction of sp³-hybridized carbons (Fsp3) is 0.643. The summed E-state index contributed by atoms with van der Waals surface area (Å²) in [6.07, 6.45) is 4.22. The Morgan fingerprint density at radius 2 is 2.00 bits per heavy atom.